The van der Waals surface area contributed by atoms with E-state index < -0.39 is 17.7 Å². The molecular formula is C22H18F3NO4S. The first-order chi connectivity index (χ1) is 14.7. The van der Waals surface area contributed by atoms with Crippen molar-refractivity contribution in [2.45, 2.75) is 32.0 Å². The predicted octanol–water partition coefficient (Wildman–Crippen LogP) is 5.67. The number of carboxylic acids is 1. The molecule has 31 heavy (non-hydrogen) atoms. The number of rotatable bonds is 6. The van der Waals surface area contributed by atoms with Crippen molar-refractivity contribution in [2.24, 2.45) is 0 Å². The van der Waals surface area contributed by atoms with E-state index in [2.05, 4.69) is 4.98 Å². The van der Waals surface area contributed by atoms with Crippen LogP contribution in [0.1, 0.15) is 34.0 Å². The number of fused-ring (bicyclic) bond motifs is 1. The van der Waals surface area contributed by atoms with Gasteiger partial charge in [0.15, 0.2) is 0 Å². The lowest BCUT2D eigenvalue weighted by Crippen LogP contribution is -2.07. The number of carboxylic acid groups (broad SMARTS) is 1. The number of benzene rings is 2. The Morgan fingerprint density at radius 2 is 2.10 bits per heavy atom. The average molecular weight is 449 g/mol. The lowest BCUT2D eigenvalue weighted by molar-refractivity contribution is -0.138. The molecule has 2 heterocycles. The number of ether oxygens (including phenoxy) is 2. The molecule has 0 spiro atoms. The molecule has 0 radical (unpaired) electrons. The first-order valence-electron chi connectivity index (χ1n) is 9.46. The van der Waals surface area contributed by atoms with Gasteiger partial charge in [-0.2, -0.15) is 13.2 Å². The van der Waals surface area contributed by atoms with Crippen molar-refractivity contribution in [3.05, 3.63) is 64.2 Å². The van der Waals surface area contributed by atoms with E-state index in [4.69, 9.17) is 14.6 Å². The minimum absolute atomic E-state index is 0.00553. The summed E-state index contributed by atoms with van der Waals surface area (Å²) in [4.78, 5) is 16.2. The molecule has 0 fully saturated rings. The molecule has 0 amide bonds. The first-order valence-corrected chi connectivity index (χ1v) is 10.3. The van der Waals surface area contributed by atoms with E-state index in [9.17, 15) is 18.0 Å². The maximum Gasteiger partial charge on any atom is 0.416 e. The Hall–Kier alpha value is -3.07. The van der Waals surface area contributed by atoms with Gasteiger partial charge in [0.05, 0.1) is 29.2 Å². The second-order valence-electron chi connectivity index (χ2n) is 7.20. The maximum absolute atomic E-state index is 13.0. The van der Waals surface area contributed by atoms with Crippen molar-refractivity contribution in [3.63, 3.8) is 0 Å². The molecule has 5 nitrogen and oxygen atoms in total. The SMILES string of the molecule is Cc1nc(-c2cccc(C(F)(F)F)c2)sc1COc1ccc2c(c1)OCC2CC(=O)O. The second kappa shape index (κ2) is 8.22. The fraction of sp³-hybridized carbons (Fsp3) is 0.273. The number of aryl methyl sites for hydroxylation is 1. The number of carbonyl (C=O) groups is 1. The van der Waals surface area contributed by atoms with E-state index >= 15 is 0 Å². The van der Waals surface area contributed by atoms with Crippen molar-refractivity contribution >= 4 is 17.3 Å². The van der Waals surface area contributed by atoms with Crippen molar-refractivity contribution in [1.82, 2.24) is 4.98 Å². The van der Waals surface area contributed by atoms with Gasteiger partial charge in [-0.25, -0.2) is 4.98 Å². The van der Waals surface area contributed by atoms with E-state index in [0.29, 0.717) is 34.4 Å². The van der Waals surface area contributed by atoms with Crippen molar-refractivity contribution in [2.75, 3.05) is 6.61 Å². The van der Waals surface area contributed by atoms with Crippen molar-refractivity contribution in [3.8, 4) is 22.1 Å². The molecule has 0 aliphatic carbocycles. The lowest BCUT2D eigenvalue weighted by Gasteiger charge is -2.08. The number of hydrogen-bond donors (Lipinski definition) is 1. The van der Waals surface area contributed by atoms with Crippen LogP contribution >= 0.6 is 11.3 Å². The topological polar surface area (TPSA) is 68.7 Å². The molecule has 1 aliphatic heterocycles. The number of aliphatic carboxylic acids is 1. The zero-order chi connectivity index (χ0) is 22.2. The molecule has 1 aliphatic rings. The first kappa shape index (κ1) is 21.2. The molecule has 3 aromatic rings. The summed E-state index contributed by atoms with van der Waals surface area (Å²) in [6, 6.07) is 10.4. The fourth-order valence-corrected chi connectivity index (χ4v) is 4.36. The number of halogens is 3. The number of nitrogens with zero attached hydrogens (tertiary/aromatic N) is 1. The molecule has 2 aromatic carbocycles. The molecule has 162 valence electrons. The van der Waals surface area contributed by atoms with Crippen LogP contribution in [0.5, 0.6) is 11.5 Å². The summed E-state index contributed by atoms with van der Waals surface area (Å²) in [6.45, 7) is 2.31. The Kier molecular flexibility index (Phi) is 5.62. The Bertz CT molecular complexity index is 1130. The third kappa shape index (κ3) is 4.66. The van der Waals surface area contributed by atoms with Crippen LogP contribution in [0.2, 0.25) is 0 Å². The maximum atomic E-state index is 13.0. The molecule has 0 bridgehead atoms. The molecule has 9 heteroatoms. The predicted molar refractivity (Wildman–Crippen MR) is 109 cm³/mol. The van der Waals surface area contributed by atoms with Gasteiger partial charge in [-0.1, -0.05) is 18.2 Å². The van der Waals surface area contributed by atoms with E-state index in [1.165, 1.54) is 17.4 Å². The highest BCUT2D eigenvalue weighted by atomic mass is 32.1. The highest BCUT2D eigenvalue weighted by molar-refractivity contribution is 7.15. The second-order valence-corrected chi connectivity index (χ2v) is 8.28. The van der Waals surface area contributed by atoms with Crippen LogP contribution in [0.4, 0.5) is 13.2 Å². The molecule has 1 unspecified atom stereocenters. The highest BCUT2D eigenvalue weighted by Gasteiger charge is 2.31. The Balaban J connectivity index is 1.47. The molecular weight excluding hydrogens is 431 g/mol. The summed E-state index contributed by atoms with van der Waals surface area (Å²) in [7, 11) is 0. The van der Waals surface area contributed by atoms with Crippen molar-refractivity contribution in [1.29, 1.82) is 0 Å². The van der Waals surface area contributed by atoms with E-state index in [0.717, 1.165) is 22.6 Å². The third-order valence-corrected chi connectivity index (χ3v) is 6.17. The van der Waals surface area contributed by atoms with Gasteiger partial charge >= 0.3 is 12.1 Å². The van der Waals surface area contributed by atoms with E-state index in [1.807, 2.05) is 0 Å². The third-order valence-electron chi connectivity index (χ3n) is 4.99. The van der Waals surface area contributed by atoms with Gasteiger partial charge in [-0.15, -0.1) is 11.3 Å². The van der Waals surface area contributed by atoms with Crippen LogP contribution < -0.4 is 9.47 Å². The Morgan fingerprint density at radius 3 is 2.84 bits per heavy atom. The summed E-state index contributed by atoms with van der Waals surface area (Å²) < 4.78 is 50.4. The summed E-state index contributed by atoms with van der Waals surface area (Å²) in [5.41, 5.74) is 1.23. The molecule has 1 N–H and O–H groups in total. The van der Waals surface area contributed by atoms with Crippen LogP contribution in [0.25, 0.3) is 10.6 Å². The van der Waals surface area contributed by atoms with Crippen molar-refractivity contribution < 1.29 is 32.5 Å². The number of thiazole rings is 1. The van der Waals surface area contributed by atoms with Gasteiger partial charge < -0.3 is 14.6 Å². The minimum Gasteiger partial charge on any atom is -0.492 e. The standard InChI is InChI=1S/C22H18F3NO4S/c1-12-19(31-21(26-12)13-3-2-4-15(7-13)22(23,24)25)11-29-16-5-6-17-14(8-20(27)28)10-30-18(17)9-16/h2-7,9,14H,8,10-11H2,1H3,(H,27,28). The fourth-order valence-electron chi connectivity index (χ4n) is 3.39. The van der Waals surface area contributed by atoms with Gasteiger partial charge in [0.25, 0.3) is 0 Å². The zero-order valence-corrected chi connectivity index (χ0v) is 17.2. The Morgan fingerprint density at radius 1 is 1.29 bits per heavy atom. The van der Waals surface area contributed by atoms with Crippen LogP contribution in [-0.4, -0.2) is 22.7 Å². The van der Waals surface area contributed by atoms with Gasteiger partial charge in [0.2, 0.25) is 0 Å². The monoisotopic (exact) mass is 449 g/mol. The molecule has 1 atom stereocenters. The van der Waals surface area contributed by atoms with Crippen LogP contribution in [0.3, 0.4) is 0 Å². The number of hydrogen-bond acceptors (Lipinski definition) is 5. The van der Waals surface area contributed by atoms with Gasteiger partial charge in [0, 0.05) is 23.1 Å². The largest absolute Gasteiger partial charge is 0.492 e. The summed E-state index contributed by atoms with van der Waals surface area (Å²) in [5.74, 6) is 0.108. The molecule has 1 aromatic heterocycles. The van der Waals surface area contributed by atoms with Gasteiger partial charge in [0.1, 0.15) is 23.1 Å². The summed E-state index contributed by atoms with van der Waals surface area (Å²) in [5, 5.41) is 9.49. The Labute approximate surface area is 180 Å². The quantitative estimate of drug-likeness (QED) is 0.525. The lowest BCUT2D eigenvalue weighted by atomic mass is 9.98. The summed E-state index contributed by atoms with van der Waals surface area (Å²) in [6.07, 6.45) is -4.40. The van der Waals surface area contributed by atoms with Gasteiger partial charge in [-0.05, 0) is 25.1 Å². The van der Waals surface area contributed by atoms with Crippen LogP contribution in [0.15, 0.2) is 42.5 Å². The zero-order valence-electron chi connectivity index (χ0n) is 16.4. The average Bonchev–Trinajstić information content (AvgIpc) is 3.28. The van der Waals surface area contributed by atoms with Crippen LogP contribution in [0, 0.1) is 6.92 Å². The van der Waals surface area contributed by atoms with E-state index in [1.54, 1.807) is 31.2 Å². The highest BCUT2D eigenvalue weighted by Crippen LogP contribution is 2.39. The van der Waals surface area contributed by atoms with E-state index in [-0.39, 0.29) is 18.9 Å². The number of alkyl halides is 3. The normalized spacial score (nSPS) is 15.4. The van der Waals surface area contributed by atoms with Gasteiger partial charge in [-0.3, -0.25) is 4.79 Å². The van der Waals surface area contributed by atoms with Crippen LogP contribution in [-0.2, 0) is 17.6 Å². The smallest absolute Gasteiger partial charge is 0.416 e. The summed E-state index contributed by atoms with van der Waals surface area (Å²) >= 11 is 1.28. The minimum atomic E-state index is -4.41. The molecule has 0 saturated carbocycles. The molecule has 0 saturated heterocycles. The molecule has 4 rings (SSSR count). The number of aromatic nitrogens is 1.